The van der Waals surface area contributed by atoms with Gasteiger partial charge >= 0.3 is 0 Å². The van der Waals surface area contributed by atoms with Gasteiger partial charge < -0.3 is 26.6 Å². The zero-order valence-corrected chi connectivity index (χ0v) is 12.4. The Morgan fingerprint density at radius 1 is 1.35 bits per heavy atom. The van der Waals surface area contributed by atoms with Crippen molar-refractivity contribution in [3.05, 3.63) is 20.5 Å². The minimum Gasteiger partial charge on any atom is -0.388 e. The van der Waals surface area contributed by atoms with Crippen molar-refractivity contribution < 1.29 is 5.11 Å². The van der Waals surface area contributed by atoms with Gasteiger partial charge in [0, 0.05) is 42.9 Å². The van der Waals surface area contributed by atoms with Crippen LogP contribution in [0.4, 0.5) is 0 Å². The predicted octanol–water partition coefficient (Wildman–Crippen LogP) is 1.40. The molecule has 0 heterocycles. The van der Waals surface area contributed by atoms with E-state index in [1.165, 1.54) is 0 Å². The second-order valence-corrected chi connectivity index (χ2v) is 4.40. The third-order valence-electron chi connectivity index (χ3n) is 2.25. The van der Waals surface area contributed by atoms with Crippen LogP contribution >= 0.6 is 22.6 Å². The van der Waals surface area contributed by atoms with Gasteiger partial charge in [-0.1, -0.05) is 0 Å². The van der Waals surface area contributed by atoms with E-state index in [9.17, 15) is 5.11 Å². The third-order valence-corrected chi connectivity index (χ3v) is 3.41. The molecular weight excluding hydrogens is 331 g/mol. The zero-order valence-electron chi connectivity index (χ0n) is 10.3. The fraction of sp³-hybridized carbons (Fsp3) is 0.455. The molecule has 0 aliphatic rings. The number of halogens is 1. The van der Waals surface area contributed by atoms with Crippen molar-refractivity contribution in [3.8, 4) is 0 Å². The Bertz CT molecular complexity index is 349. The van der Waals surface area contributed by atoms with E-state index in [2.05, 4.69) is 10.6 Å². The van der Waals surface area contributed by atoms with Gasteiger partial charge in [-0.25, -0.2) is 0 Å². The van der Waals surface area contributed by atoms with Crippen LogP contribution in [0.1, 0.15) is 13.8 Å². The van der Waals surface area contributed by atoms with Crippen LogP contribution in [0.3, 0.4) is 0 Å². The molecule has 0 bridgehead atoms. The van der Waals surface area contributed by atoms with Gasteiger partial charge in [0.15, 0.2) is 0 Å². The Labute approximate surface area is 116 Å². The minimum absolute atomic E-state index is 0.448. The average molecular weight is 350 g/mol. The summed E-state index contributed by atoms with van der Waals surface area (Å²) in [6.45, 7) is 4.48. The van der Waals surface area contributed by atoms with Crippen molar-refractivity contribution in [3.63, 3.8) is 0 Å². The lowest BCUT2D eigenvalue weighted by molar-refractivity contribution is 0.257. The molecule has 0 saturated heterocycles. The van der Waals surface area contributed by atoms with Crippen LogP contribution in [-0.4, -0.2) is 37.2 Å². The number of aliphatic hydroxyl groups is 1. The summed E-state index contributed by atoms with van der Waals surface area (Å²) >= 11 is 2.02. The lowest BCUT2D eigenvalue weighted by Gasteiger charge is -2.17. The highest BCUT2D eigenvalue weighted by molar-refractivity contribution is 14.1. The molecule has 5 nitrogen and oxygen atoms in total. The number of hydrogen-bond acceptors (Lipinski definition) is 5. The van der Waals surface area contributed by atoms with Crippen LogP contribution in [0, 0.1) is 10.8 Å². The van der Waals surface area contributed by atoms with Gasteiger partial charge in [0.2, 0.25) is 0 Å². The Kier molecular flexibility index (Phi) is 7.81. The monoisotopic (exact) mass is 350 g/mol. The normalized spacial score (nSPS) is 15.4. The number of nitrogens with one attached hydrogen (secondary N) is 4. The molecule has 0 rings (SSSR count). The van der Waals surface area contributed by atoms with Crippen molar-refractivity contribution in [1.82, 2.24) is 10.6 Å². The molecule has 0 fully saturated rings. The summed E-state index contributed by atoms with van der Waals surface area (Å²) < 4.78 is 0.689. The molecule has 6 heteroatoms. The third kappa shape index (κ3) is 4.47. The summed E-state index contributed by atoms with van der Waals surface area (Å²) in [5, 5.41) is 30.8. The summed E-state index contributed by atoms with van der Waals surface area (Å²) in [5.41, 5.74) is 1.66. The standard InChI is InChI=1S/C11H19IN4O/c1-4-16-7(2)8(5-13)10(17)9(6-14)11(12)15-3/h5-6,10,13-17H,4H2,1-3H3/b8-7+,11-9+,13-5?,14-6?. The molecule has 0 aromatic carbocycles. The average Bonchev–Trinajstić information content (AvgIpc) is 2.31. The van der Waals surface area contributed by atoms with Crippen molar-refractivity contribution in [1.29, 1.82) is 10.8 Å². The van der Waals surface area contributed by atoms with E-state index < -0.39 is 6.10 Å². The van der Waals surface area contributed by atoms with Gasteiger partial charge in [-0.05, 0) is 36.4 Å². The molecule has 0 aromatic rings. The summed E-state index contributed by atoms with van der Waals surface area (Å²) in [7, 11) is 1.73. The molecule has 0 radical (unpaired) electrons. The second-order valence-electron chi connectivity index (χ2n) is 3.32. The SMILES string of the molecule is CCN/C(C)=C(\C=N)C(O)/C(C=N)=C(\I)NC. The topological polar surface area (TPSA) is 92.0 Å². The van der Waals surface area contributed by atoms with Gasteiger partial charge in [-0.2, -0.15) is 0 Å². The number of allylic oxidation sites excluding steroid dienone is 1. The van der Waals surface area contributed by atoms with Crippen LogP contribution in [-0.2, 0) is 0 Å². The molecule has 0 aliphatic heterocycles. The molecule has 17 heavy (non-hydrogen) atoms. The van der Waals surface area contributed by atoms with Gasteiger partial charge in [0.25, 0.3) is 0 Å². The zero-order chi connectivity index (χ0) is 13.4. The Morgan fingerprint density at radius 3 is 2.24 bits per heavy atom. The van der Waals surface area contributed by atoms with Crippen LogP contribution in [0.25, 0.3) is 0 Å². The molecular formula is C11H19IN4O. The Balaban J connectivity index is 5.38. The first-order valence-electron chi connectivity index (χ1n) is 5.24. The molecule has 0 spiro atoms. The maximum Gasteiger partial charge on any atom is 0.111 e. The second kappa shape index (κ2) is 8.24. The smallest absolute Gasteiger partial charge is 0.111 e. The molecule has 1 atom stereocenters. The first-order chi connectivity index (χ1) is 8.03. The van der Waals surface area contributed by atoms with Crippen molar-refractivity contribution >= 4 is 35.0 Å². The number of rotatable bonds is 7. The van der Waals surface area contributed by atoms with Crippen molar-refractivity contribution in [2.75, 3.05) is 13.6 Å². The fourth-order valence-electron chi connectivity index (χ4n) is 1.33. The lowest BCUT2D eigenvalue weighted by atomic mass is 10.0. The van der Waals surface area contributed by atoms with E-state index in [0.717, 1.165) is 24.7 Å². The van der Waals surface area contributed by atoms with E-state index >= 15 is 0 Å². The van der Waals surface area contributed by atoms with Crippen LogP contribution in [0.2, 0.25) is 0 Å². The highest BCUT2D eigenvalue weighted by atomic mass is 127. The van der Waals surface area contributed by atoms with E-state index in [4.69, 9.17) is 10.8 Å². The largest absolute Gasteiger partial charge is 0.388 e. The van der Waals surface area contributed by atoms with Gasteiger partial charge in [-0.15, -0.1) is 0 Å². The Morgan fingerprint density at radius 2 is 1.88 bits per heavy atom. The first kappa shape index (κ1) is 16.1. The van der Waals surface area contributed by atoms with Crippen LogP contribution < -0.4 is 10.6 Å². The highest BCUT2D eigenvalue weighted by Crippen LogP contribution is 2.17. The Hall–Kier alpha value is -0.890. The van der Waals surface area contributed by atoms with Gasteiger partial charge in [-0.3, -0.25) is 0 Å². The number of hydrogen-bond donors (Lipinski definition) is 5. The van der Waals surface area contributed by atoms with E-state index in [1.807, 2.05) is 29.5 Å². The van der Waals surface area contributed by atoms with Crippen molar-refractivity contribution in [2.45, 2.75) is 20.0 Å². The molecule has 0 saturated carbocycles. The number of aliphatic hydroxyl groups excluding tert-OH is 1. The summed E-state index contributed by atoms with van der Waals surface area (Å²) in [4.78, 5) is 0. The summed E-state index contributed by atoms with van der Waals surface area (Å²) in [6, 6.07) is 0. The molecule has 5 N–H and O–H groups in total. The van der Waals surface area contributed by atoms with E-state index in [0.29, 0.717) is 14.8 Å². The van der Waals surface area contributed by atoms with Gasteiger partial charge in [0.1, 0.15) is 6.10 Å². The molecule has 0 amide bonds. The molecule has 0 aromatic heterocycles. The lowest BCUT2D eigenvalue weighted by Crippen LogP contribution is -2.24. The quantitative estimate of drug-likeness (QED) is 0.273. The maximum absolute atomic E-state index is 10.2. The summed E-state index contributed by atoms with van der Waals surface area (Å²) in [5.74, 6) is 0. The highest BCUT2D eigenvalue weighted by Gasteiger charge is 2.18. The molecule has 0 aliphatic carbocycles. The molecule has 1 unspecified atom stereocenters. The van der Waals surface area contributed by atoms with E-state index in [-0.39, 0.29) is 0 Å². The minimum atomic E-state index is -0.969. The van der Waals surface area contributed by atoms with Crippen LogP contribution in [0.5, 0.6) is 0 Å². The van der Waals surface area contributed by atoms with Crippen LogP contribution in [0.15, 0.2) is 20.5 Å². The van der Waals surface area contributed by atoms with E-state index in [1.54, 1.807) is 14.0 Å². The fourth-order valence-corrected chi connectivity index (χ4v) is 1.78. The molecule has 96 valence electrons. The van der Waals surface area contributed by atoms with Crippen molar-refractivity contribution in [2.24, 2.45) is 0 Å². The first-order valence-corrected chi connectivity index (χ1v) is 6.32. The summed E-state index contributed by atoms with van der Waals surface area (Å²) in [6.07, 6.45) is 1.25. The predicted molar refractivity (Wildman–Crippen MR) is 80.1 cm³/mol. The maximum atomic E-state index is 10.2. The van der Waals surface area contributed by atoms with Gasteiger partial charge in [0.05, 0.1) is 3.70 Å².